The minimum Gasteiger partial charge on any atom is -0.350 e. The summed E-state index contributed by atoms with van der Waals surface area (Å²) in [6.45, 7) is 9.91. The number of nitrogens with zero attached hydrogens (tertiary/aromatic N) is 2. The van der Waals surface area contributed by atoms with Gasteiger partial charge in [-0.2, -0.15) is 5.26 Å². The maximum Gasteiger partial charge on any atom is 0.237 e. The van der Waals surface area contributed by atoms with E-state index in [1.165, 1.54) is 0 Å². The molecule has 96 valence electrons. The summed E-state index contributed by atoms with van der Waals surface area (Å²) < 4.78 is 0. The fourth-order valence-electron chi connectivity index (χ4n) is 1.93. The number of carbonyl (C=O) groups excluding carboxylic acids is 1. The van der Waals surface area contributed by atoms with Crippen LogP contribution in [0.25, 0.3) is 0 Å². The third-order valence-electron chi connectivity index (χ3n) is 2.81. The van der Waals surface area contributed by atoms with E-state index in [0.717, 1.165) is 13.1 Å². The van der Waals surface area contributed by atoms with E-state index in [9.17, 15) is 4.79 Å². The van der Waals surface area contributed by atoms with Gasteiger partial charge in [-0.3, -0.25) is 9.69 Å². The van der Waals surface area contributed by atoms with Crippen molar-refractivity contribution in [2.24, 2.45) is 0 Å². The summed E-state index contributed by atoms with van der Waals surface area (Å²) in [6.07, 6.45) is 0. The average molecular weight is 238 g/mol. The molecule has 1 aliphatic heterocycles. The van der Waals surface area contributed by atoms with Crippen molar-refractivity contribution in [1.82, 2.24) is 15.5 Å². The molecular weight excluding hydrogens is 216 g/mol. The maximum atomic E-state index is 12.0. The Morgan fingerprint density at radius 2 is 2.24 bits per heavy atom. The second-order valence-corrected chi connectivity index (χ2v) is 5.50. The molecule has 1 fully saturated rings. The van der Waals surface area contributed by atoms with Gasteiger partial charge in [-0.15, -0.1) is 0 Å². The molecule has 2 N–H and O–H groups in total. The molecule has 1 rings (SSSR count). The number of hydrogen-bond donors (Lipinski definition) is 2. The molecule has 0 aromatic heterocycles. The van der Waals surface area contributed by atoms with Gasteiger partial charge in [0.05, 0.1) is 12.1 Å². The zero-order valence-electron chi connectivity index (χ0n) is 11.1. The molecule has 5 heteroatoms. The van der Waals surface area contributed by atoms with E-state index >= 15 is 0 Å². The summed E-state index contributed by atoms with van der Waals surface area (Å²) in [5.74, 6) is -0.0142. The highest BCUT2D eigenvalue weighted by atomic mass is 16.2. The standard InChI is InChI=1S/C12H22N4O/c1-9(11(17)15-12(2,3)4)16-6-5-14-8-10(16)7-13/h9-10,14H,5-6,8H2,1-4H3,(H,15,17). The first-order valence-electron chi connectivity index (χ1n) is 6.03. The lowest BCUT2D eigenvalue weighted by Crippen LogP contribution is -2.59. The number of amides is 1. The molecule has 1 heterocycles. The normalized spacial score (nSPS) is 23.8. The molecule has 1 aliphatic rings. The number of nitriles is 1. The van der Waals surface area contributed by atoms with Crippen LogP contribution in [0.4, 0.5) is 0 Å². The van der Waals surface area contributed by atoms with E-state index in [0.29, 0.717) is 6.54 Å². The highest BCUT2D eigenvalue weighted by molar-refractivity contribution is 5.82. The van der Waals surface area contributed by atoms with Crippen LogP contribution in [0.3, 0.4) is 0 Å². The predicted octanol–water partition coefficient (Wildman–Crippen LogP) is 0.0870. The van der Waals surface area contributed by atoms with Crippen LogP contribution in [0.5, 0.6) is 0 Å². The summed E-state index contributed by atoms with van der Waals surface area (Å²) >= 11 is 0. The molecular formula is C12H22N4O. The predicted molar refractivity (Wildman–Crippen MR) is 66.3 cm³/mol. The van der Waals surface area contributed by atoms with Gasteiger partial charge in [0, 0.05) is 25.2 Å². The fraction of sp³-hybridized carbons (Fsp3) is 0.833. The molecule has 0 bridgehead atoms. The van der Waals surface area contributed by atoms with E-state index in [4.69, 9.17) is 5.26 Å². The van der Waals surface area contributed by atoms with Crippen molar-refractivity contribution in [3.05, 3.63) is 0 Å². The van der Waals surface area contributed by atoms with Gasteiger partial charge in [0.2, 0.25) is 5.91 Å². The first-order chi connectivity index (χ1) is 7.85. The second kappa shape index (κ2) is 5.48. The van der Waals surface area contributed by atoms with Gasteiger partial charge in [-0.1, -0.05) is 0 Å². The van der Waals surface area contributed by atoms with E-state index in [-0.39, 0.29) is 23.5 Å². The first kappa shape index (κ1) is 13.9. The van der Waals surface area contributed by atoms with Crippen molar-refractivity contribution in [3.8, 4) is 6.07 Å². The van der Waals surface area contributed by atoms with Crippen molar-refractivity contribution >= 4 is 5.91 Å². The lowest BCUT2D eigenvalue weighted by atomic mass is 10.1. The molecule has 1 saturated heterocycles. The maximum absolute atomic E-state index is 12.0. The molecule has 0 aliphatic carbocycles. The smallest absolute Gasteiger partial charge is 0.237 e. The molecule has 2 atom stereocenters. The Morgan fingerprint density at radius 3 is 2.76 bits per heavy atom. The van der Waals surface area contributed by atoms with Crippen molar-refractivity contribution < 1.29 is 4.79 Å². The lowest BCUT2D eigenvalue weighted by molar-refractivity contribution is -0.128. The topological polar surface area (TPSA) is 68.2 Å². The van der Waals surface area contributed by atoms with Gasteiger partial charge >= 0.3 is 0 Å². The summed E-state index contributed by atoms with van der Waals surface area (Å²) in [4.78, 5) is 14.0. The first-order valence-corrected chi connectivity index (χ1v) is 6.03. The van der Waals surface area contributed by atoms with Gasteiger partial charge in [0.25, 0.3) is 0 Å². The zero-order valence-corrected chi connectivity index (χ0v) is 11.1. The van der Waals surface area contributed by atoms with Crippen LogP contribution in [0.1, 0.15) is 27.7 Å². The quantitative estimate of drug-likeness (QED) is 0.715. The molecule has 1 amide bonds. The Kier molecular flexibility index (Phi) is 4.49. The Morgan fingerprint density at radius 1 is 1.59 bits per heavy atom. The Bertz CT molecular complexity index is 315. The van der Waals surface area contributed by atoms with Gasteiger partial charge in [-0.25, -0.2) is 0 Å². The average Bonchev–Trinajstić information content (AvgIpc) is 2.25. The molecule has 2 unspecified atom stereocenters. The van der Waals surface area contributed by atoms with Crippen LogP contribution < -0.4 is 10.6 Å². The number of piperazine rings is 1. The van der Waals surface area contributed by atoms with Crippen LogP contribution in [0.2, 0.25) is 0 Å². The van der Waals surface area contributed by atoms with E-state index < -0.39 is 0 Å². The van der Waals surface area contributed by atoms with Crippen molar-refractivity contribution in [1.29, 1.82) is 5.26 Å². The summed E-state index contributed by atoms with van der Waals surface area (Å²) in [5, 5.41) is 15.2. The van der Waals surface area contributed by atoms with E-state index in [1.807, 2.05) is 32.6 Å². The molecule has 0 radical (unpaired) electrons. The highest BCUT2D eigenvalue weighted by Crippen LogP contribution is 2.10. The van der Waals surface area contributed by atoms with Crippen LogP contribution in [0.15, 0.2) is 0 Å². The number of rotatable bonds is 2. The molecule has 0 saturated carbocycles. The van der Waals surface area contributed by atoms with Crippen molar-refractivity contribution in [3.63, 3.8) is 0 Å². The minimum absolute atomic E-state index is 0.0142. The molecule has 0 aromatic carbocycles. The second-order valence-electron chi connectivity index (χ2n) is 5.50. The highest BCUT2D eigenvalue weighted by Gasteiger charge is 2.31. The van der Waals surface area contributed by atoms with Crippen LogP contribution in [0, 0.1) is 11.3 Å². The van der Waals surface area contributed by atoms with Gasteiger partial charge < -0.3 is 10.6 Å². The van der Waals surface area contributed by atoms with Crippen LogP contribution in [-0.4, -0.2) is 48.1 Å². The van der Waals surface area contributed by atoms with Crippen LogP contribution in [-0.2, 0) is 4.79 Å². The monoisotopic (exact) mass is 238 g/mol. The molecule has 5 nitrogen and oxygen atoms in total. The third-order valence-corrected chi connectivity index (χ3v) is 2.81. The Balaban J connectivity index is 2.64. The Hall–Kier alpha value is -1.12. The number of hydrogen-bond acceptors (Lipinski definition) is 4. The van der Waals surface area contributed by atoms with Crippen molar-refractivity contribution in [2.75, 3.05) is 19.6 Å². The number of nitrogens with one attached hydrogen (secondary N) is 2. The molecule has 17 heavy (non-hydrogen) atoms. The SMILES string of the molecule is CC(C(=O)NC(C)(C)C)N1CCNCC1C#N. The fourth-order valence-corrected chi connectivity index (χ4v) is 1.93. The summed E-state index contributed by atoms with van der Waals surface area (Å²) in [6, 6.07) is 1.75. The van der Waals surface area contributed by atoms with Gasteiger partial charge in [-0.05, 0) is 27.7 Å². The van der Waals surface area contributed by atoms with E-state index in [2.05, 4.69) is 16.7 Å². The van der Waals surface area contributed by atoms with Crippen molar-refractivity contribution in [2.45, 2.75) is 45.3 Å². The van der Waals surface area contributed by atoms with Gasteiger partial charge in [0.1, 0.15) is 6.04 Å². The lowest BCUT2D eigenvalue weighted by Gasteiger charge is -2.36. The summed E-state index contributed by atoms with van der Waals surface area (Å²) in [5.41, 5.74) is -0.235. The van der Waals surface area contributed by atoms with Crippen LogP contribution >= 0.6 is 0 Å². The minimum atomic E-state index is -0.263. The Labute approximate surface area is 103 Å². The third kappa shape index (κ3) is 3.99. The largest absolute Gasteiger partial charge is 0.350 e. The number of carbonyl (C=O) groups is 1. The van der Waals surface area contributed by atoms with Gasteiger partial charge in [0.15, 0.2) is 0 Å². The summed E-state index contributed by atoms with van der Waals surface area (Å²) in [7, 11) is 0. The van der Waals surface area contributed by atoms with E-state index in [1.54, 1.807) is 0 Å². The molecule has 0 aromatic rings. The molecule has 0 spiro atoms. The zero-order chi connectivity index (χ0) is 13.1.